The van der Waals surface area contributed by atoms with Gasteiger partial charge >= 0.3 is 11.9 Å². The number of fused-ring (bicyclic) bond motifs is 8. The highest BCUT2D eigenvalue weighted by atomic mass is 16.5. The van der Waals surface area contributed by atoms with E-state index in [0.717, 1.165) is 44.4 Å². The fourth-order valence-corrected chi connectivity index (χ4v) is 6.30. The molecule has 2 aliphatic heterocycles. The molecule has 0 aromatic carbocycles. The second-order valence-corrected chi connectivity index (χ2v) is 11.7. The van der Waals surface area contributed by atoms with Gasteiger partial charge in [-0.25, -0.2) is 9.97 Å². The Morgan fingerprint density at radius 1 is 0.630 bits per heavy atom. The van der Waals surface area contributed by atoms with Gasteiger partial charge in [0.2, 0.25) is 0 Å². The predicted molar refractivity (Wildman–Crippen MR) is 178 cm³/mol. The van der Waals surface area contributed by atoms with E-state index in [-0.39, 0.29) is 36.3 Å². The highest BCUT2D eigenvalue weighted by Gasteiger charge is 2.23. The Balaban J connectivity index is 1.93. The lowest BCUT2D eigenvalue weighted by atomic mass is 10.00. The highest BCUT2D eigenvalue weighted by molar-refractivity contribution is 6.27. The Labute approximate surface area is 267 Å². The second kappa shape index (κ2) is 12.7. The van der Waals surface area contributed by atoms with Gasteiger partial charge in [0.25, 0.3) is 0 Å². The first kappa shape index (κ1) is 32.3. The average molecular weight is 623 g/mol. The lowest BCUT2D eigenvalue weighted by Gasteiger charge is -2.04. The molecule has 3 aromatic rings. The molecule has 2 aliphatic rings. The van der Waals surface area contributed by atoms with Crippen LogP contribution in [-0.4, -0.2) is 57.7 Å². The van der Waals surface area contributed by atoms with Crippen molar-refractivity contribution in [3.05, 3.63) is 69.3 Å². The third-order valence-electron chi connectivity index (χ3n) is 8.85. The Kier molecular flexibility index (Phi) is 8.92. The summed E-state index contributed by atoms with van der Waals surface area (Å²) < 4.78 is 9.84. The zero-order valence-corrected chi connectivity index (χ0v) is 27.5. The molecule has 3 aromatic heterocycles. The maximum Gasteiger partial charge on any atom is 0.305 e. The number of aromatic amines is 2. The van der Waals surface area contributed by atoms with Gasteiger partial charge < -0.3 is 19.4 Å². The summed E-state index contributed by atoms with van der Waals surface area (Å²) in [6.07, 6.45) is 1.17. The molecule has 46 heavy (non-hydrogen) atoms. The van der Waals surface area contributed by atoms with E-state index in [0.29, 0.717) is 57.8 Å². The topological polar surface area (TPSA) is 144 Å². The minimum atomic E-state index is -0.331. The van der Waals surface area contributed by atoms with Gasteiger partial charge in [-0.15, -0.1) is 0 Å². The van der Waals surface area contributed by atoms with Crippen LogP contribution in [0, 0.1) is 13.8 Å². The van der Waals surface area contributed by atoms with Gasteiger partial charge in [-0.3, -0.25) is 19.2 Å². The number of ketones is 2. The Hall–Kier alpha value is -5.12. The highest BCUT2D eigenvalue weighted by Crippen LogP contribution is 2.36. The van der Waals surface area contributed by atoms with E-state index in [2.05, 4.69) is 9.97 Å². The van der Waals surface area contributed by atoms with Crippen LogP contribution in [0.25, 0.3) is 44.4 Å². The molecule has 10 heteroatoms. The normalized spacial score (nSPS) is 12.9. The summed E-state index contributed by atoms with van der Waals surface area (Å²) in [6.45, 7) is 10.7. The summed E-state index contributed by atoms with van der Waals surface area (Å²) in [7, 11) is 2.73. The van der Waals surface area contributed by atoms with Crippen LogP contribution >= 0.6 is 0 Å². The summed E-state index contributed by atoms with van der Waals surface area (Å²) in [5.74, 6) is -0.885. The van der Waals surface area contributed by atoms with Crippen molar-refractivity contribution in [2.24, 2.45) is 0 Å². The van der Waals surface area contributed by atoms with Crippen molar-refractivity contribution >= 4 is 67.9 Å². The summed E-state index contributed by atoms with van der Waals surface area (Å²) >= 11 is 0. The number of hydrogen-bond acceptors (Lipinski definition) is 8. The second-order valence-electron chi connectivity index (χ2n) is 11.7. The van der Waals surface area contributed by atoms with Crippen LogP contribution in [0.3, 0.4) is 0 Å². The zero-order valence-electron chi connectivity index (χ0n) is 27.5. The summed E-state index contributed by atoms with van der Waals surface area (Å²) in [5, 5.41) is 0. The maximum absolute atomic E-state index is 12.9. The van der Waals surface area contributed by atoms with E-state index < -0.39 is 0 Å². The van der Waals surface area contributed by atoms with Gasteiger partial charge in [-0.05, 0) is 112 Å². The van der Waals surface area contributed by atoms with Crippen LogP contribution < -0.4 is 0 Å². The fraction of sp³-hybridized carbons (Fsp3) is 0.333. The molecule has 0 saturated carbocycles. The number of Topliss-reactive ketones (excluding diaryl/α,β-unsaturated/α-hetero) is 2. The number of aryl methyl sites for hydroxylation is 3. The van der Waals surface area contributed by atoms with Gasteiger partial charge in [-0.2, -0.15) is 0 Å². The Morgan fingerprint density at radius 2 is 1.15 bits per heavy atom. The molecule has 238 valence electrons. The molecule has 8 bridgehead atoms. The maximum atomic E-state index is 12.9. The lowest BCUT2D eigenvalue weighted by Crippen LogP contribution is -2.02. The molecular formula is C36H38N4O6. The van der Waals surface area contributed by atoms with Crippen LogP contribution in [0.1, 0.15) is 96.8 Å². The van der Waals surface area contributed by atoms with Gasteiger partial charge in [0.05, 0.1) is 42.5 Å². The van der Waals surface area contributed by atoms with Crippen molar-refractivity contribution in [1.29, 1.82) is 0 Å². The number of rotatable bonds is 8. The molecule has 0 unspecified atom stereocenters. The van der Waals surface area contributed by atoms with E-state index in [1.807, 2.05) is 52.0 Å². The number of esters is 2. The summed E-state index contributed by atoms with van der Waals surface area (Å²) in [5.41, 5.74) is 11.3. The third kappa shape index (κ3) is 5.94. The standard InChI is InChI=1S/C36H38N4O6/c1-17-23(9-11-33(43)45-7)29-16-30-24(10-12-34(44)46-8)18(2)26(38-30)14-31-36(22(6)42)20(4)28(40-31)15-32-35(21(5)41)19(3)27(39-32)13-25(17)37-29/h13-16,37,40H,9-12H2,1-8H3. The Bertz CT molecular complexity index is 2060. The number of aromatic nitrogens is 4. The molecular weight excluding hydrogens is 584 g/mol. The molecule has 0 fully saturated rings. The molecule has 0 radical (unpaired) electrons. The molecule has 2 N–H and O–H groups in total. The predicted octanol–water partition coefficient (Wildman–Crippen LogP) is 6.64. The van der Waals surface area contributed by atoms with Crippen LogP contribution in [-0.2, 0) is 30.3 Å². The molecule has 0 amide bonds. The number of nitrogens with zero attached hydrogens (tertiary/aromatic N) is 2. The molecule has 0 spiro atoms. The zero-order chi connectivity index (χ0) is 33.4. The van der Waals surface area contributed by atoms with Crippen molar-refractivity contribution in [3.8, 4) is 0 Å². The summed E-state index contributed by atoms with van der Waals surface area (Å²) in [4.78, 5) is 66.9. The fourth-order valence-electron chi connectivity index (χ4n) is 6.30. The molecule has 5 heterocycles. The van der Waals surface area contributed by atoms with E-state index in [1.54, 1.807) is 0 Å². The van der Waals surface area contributed by atoms with Gasteiger partial charge in [-0.1, -0.05) is 0 Å². The molecule has 5 rings (SSSR count). The number of allylic oxidation sites excluding steroid dienone is 4. The molecule has 0 aliphatic carbocycles. The first-order chi connectivity index (χ1) is 21.8. The van der Waals surface area contributed by atoms with Crippen molar-refractivity contribution in [1.82, 2.24) is 19.9 Å². The van der Waals surface area contributed by atoms with Gasteiger partial charge in [0.1, 0.15) is 0 Å². The van der Waals surface area contributed by atoms with E-state index in [9.17, 15) is 19.2 Å². The average Bonchev–Trinajstić information content (AvgIpc) is 3.67. The number of carbonyl (C=O) groups excluding carboxylic acids is 4. The monoisotopic (exact) mass is 622 g/mol. The van der Waals surface area contributed by atoms with Crippen molar-refractivity contribution in [3.63, 3.8) is 0 Å². The van der Waals surface area contributed by atoms with Crippen molar-refractivity contribution in [2.75, 3.05) is 14.2 Å². The quantitative estimate of drug-likeness (QED) is 0.210. The first-order valence-corrected chi connectivity index (χ1v) is 15.2. The van der Waals surface area contributed by atoms with E-state index >= 15 is 0 Å². The number of ether oxygens (including phenoxy) is 2. The SMILES string of the molecule is COC(=O)CCC1=C(C)c2cc3[nH]c(cc4nc(cc5[nH]c(cc1n2)c(CCC(=O)OC)c5C)C(C)=C4C(C)=O)c(C)c3C(C)=O. The van der Waals surface area contributed by atoms with Crippen LogP contribution in [0.2, 0.25) is 0 Å². The molecule has 0 atom stereocenters. The number of methoxy groups -OCH3 is 2. The van der Waals surface area contributed by atoms with Crippen LogP contribution in [0.5, 0.6) is 0 Å². The van der Waals surface area contributed by atoms with E-state index in [4.69, 9.17) is 19.4 Å². The minimum Gasteiger partial charge on any atom is -0.469 e. The third-order valence-corrected chi connectivity index (χ3v) is 8.85. The van der Waals surface area contributed by atoms with Crippen molar-refractivity contribution < 1.29 is 28.7 Å². The number of nitrogens with one attached hydrogen (secondary N) is 2. The smallest absolute Gasteiger partial charge is 0.305 e. The lowest BCUT2D eigenvalue weighted by molar-refractivity contribution is -0.141. The minimum absolute atomic E-state index is 0.115. The van der Waals surface area contributed by atoms with E-state index in [1.165, 1.54) is 28.1 Å². The first-order valence-electron chi connectivity index (χ1n) is 15.2. The van der Waals surface area contributed by atoms with Gasteiger partial charge in [0, 0.05) is 40.5 Å². The largest absolute Gasteiger partial charge is 0.469 e. The van der Waals surface area contributed by atoms with Crippen molar-refractivity contribution in [2.45, 2.75) is 67.2 Å². The number of H-pyrrole nitrogens is 2. The number of hydrogen-bond donors (Lipinski definition) is 2. The molecule has 0 saturated heterocycles. The van der Waals surface area contributed by atoms with Gasteiger partial charge in [0.15, 0.2) is 11.6 Å². The number of carbonyl (C=O) groups is 4. The van der Waals surface area contributed by atoms with Crippen LogP contribution in [0.4, 0.5) is 0 Å². The summed E-state index contributed by atoms with van der Waals surface area (Å²) in [6, 6.07) is 7.50. The van der Waals surface area contributed by atoms with Crippen LogP contribution in [0.15, 0.2) is 24.3 Å². The molecule has 10 nitrogen and oxygen atoms in total. The Morgan fingerprint density at radius 3 is 1.78 bits per heavy atom.